The molecule has 0 amide bonds. The predicted octanol–water partition coefficient (Wildman–Crippen LogP) is 0.804. The zero-order valence-electron chi connectivity index (χ0n) is 8.25. The molecule has 4 heteroatoms. The summed E-state index contributed by atoms with van der Waals surface area (Å²) in [5, 5.41) is 11.5. The molecule has 0 bridgehead atoms. The molecule has 2 heterocycles. The van der Waals surface area contributed by atoms with Crippen molar-refractivity contribution in [2.24, 2.45) is 7.05 Å². The van der Waals surface area contributed by atoms with Gasteiger partial charge in [-0.15, -0.1) is 5.10 Å². The second-order valence-corrected chi connectivity index (χ2v) is 3.71. The Morgan fingerprint density at radius 2 is 2.54 bits per heavy atom. The highest BCUT2D eigenvalue weighted by molar-refractivity contribution is 5.13. The van der Waals surface area contributed by atoms with E-state index in [-0.39, 0.29) is 5.54 Å². The maximum absolute atomic E-state index is 3.98. The molecular weight excluding hydrogens is 164 g/mol. The number of aromatic nitrogens is 3. The molecule has 1 aliphatic heterocycles. The maximum Gasteiger partial charge on any atom is 0.0784 e. The van der Waals surface area contributed by atoms with Gasteiger partial charge in [0.2, 0.25) is 0 Å². The molecule has 2 rings (SSSR count). The van der Waals surface area contributed by atoms with E-state index < -0.39 is 0 Å². The molecule has 1 aromatic heterocycles. The van der Waals surface area contributed by atoms with E-state index >= 15 is 0 Å². The number of nitrogens with zero attached hydrogens (tertiary/aromatic N) is 3. The Labute approximate surface area is 78.3 Å². The summed E-state index contributed by atoms with van der Waals surface area (Å²) in [5.41, 5.74) is 1.35. The lowest BCUT2D eigenvalue weighted by molar-refractivity contribution is 0.349. The average molecular weight is 180 g/mol. The molecule has 1 N–H and O–H groups in total. The van der Waals surface area contributed by atoms with E-state index in [9.17, 15) is 0 Å². The van der Waals surface area contributed by atoms with Crippen LogP contribution in [0.5, 0.6) is 0 Å². The maximum atomic E-state index is 3.98. The number of hydrogen-bond donors (Lipinski definition) is 1. The first kappa shape index (κ1) is 8.69. The first-order valence-corrected chi connectivity index (χ1v) is 4.89. The smallest absolute Gasteiger partial charge is 0.0784 e. The minimum atomic E-state index is 0.137. The van der Waals surface area contributed by atoms with E-state index in [1.807, 2.05) is 17.9 Å². The molecule has 1 aliphatic rings. The van der Waals surface area contributed by atoms with Crippen LogP contribution in [-0.4, -0.2) is 21.5 Å². The topological polar surface area (TPSA) is 42.7 Å². The Bertz CT molecular complexity index is 286. The third-order valence-corrected chi connectivity index (χ3v) is 3.05. The van der Waals surface area contributed by atoms with Crippen molar-refractivity contribution >= 4 is 0 Å². The van der Waals surface area contributed by atoms with Crippen LogP contribution in [0.4, 0.5) is 0 Å². The summed E-state index contributed by atoms with van der Waals surface area (Å²) < 4.78 is 1.88. The van der Waals surface area contributed by atoms with Crippen molar-refractivity contribution in [3.8, 4) is 0 Å². The van der Waals surface area contributed by atoms with E-state index in [0.29, 0.717) is 0 Å². The Morgan fingerprint density at radius 1 is 1.69 bits per heavy atom. The predicted molar refractivity (Wildman–Crippen MR) is 50.2 cm³/mol. The van der Waals surface area contributed by atoms with Crippen molar-refractivity contribution in [1.29, 1.82) is 0 Å². The van der Waals surface area contributed by atoms with Gasteiger partial charge in [0.05, 0.1) is 17.4 Å². The third kappa shape index (κ3) is 1.25. The van der Waals surface area contributed by atoms with E-state index in [2.05, 4.69) is 22.6 Å². The van der Waals surface area contributed by atoms with Gasteiger partial charge in [-0.25, -0.2) is 0 Å². The summed E-state index contributed by atoms with van der Waals surface area (Å²) in [4.78, 5) is 0. The monoisotopic (exact) mass is 180 g/mol. The lowest BCUT2D eigenvalue weighted by Gasteiger charge is -2.27. The summed E-state index contributed by atoms with van der Waals surface area (Å²) in [5.74, 6) is 0. The number of nitrogens with one attached hydrogen (secondary N) is 1. The van der Waals surface area contributed by atoms with Gasteiger partial charge in [0.1, 0.15) is 0 Å². The molecule has 1 unspecified atom stereocenters. The fraction of sp³-hybridized carbons (Fsp3) is 0.778. The van der Waals surface area contributed by atoms with Crippen molar-refractivity contribution < 1.29 is 0 Å². The molecule has 0 saturated carbocycles. The fourth-order valence-electron chi connectivity index (χ4n) is 2.23. The molecule has 0 aliphatic carbocycles. The summed E-state index contributed by atoms with van der Waals surface area (Å²) in [6, 6.07) is 0. The number of rotatable bonds is 2. The number of hydrogen-bond acceptors (Lipinski definition) is 3. The van der Waals surface area contributed by atoms with Crippen LogP contribution in [-0.2, 0) is 12.6 Å². The minimum absolute atomic E-state index is 0.137. The summed E-state index contributed by atoms with van der Waals surface area (Å²) >= 11 is 0. The van der Waals surface area contributed by atoms with Crippen molar-refractivity contribution in [1.82, 2.24) is 20.3 Å². The second-order valence-electron chi connectivity index (χ2n) is 3.71. The molecular formula is C9H16N4. The summed E-state index contributed by atoms with van der Waals surface area (Å²) in [7, 11) is 1.96. The molecule has 4 nitrogen and oxygen atoms in total. The quantitative estimate of drug-likeness (QED) is 0.732. The highest BCUT2D eigenvalue weighted by Gasteiger charge is 2.35. The van der Waals surface area contributed by atoms with Crippen LogP contribution >= 0.6 is 0 Å². The zero-order chi connectivity index (χ0) is 9.31. The van der Waals surface area contributed by atoms with Gasteiger partial charge in [-0.1, -0.05) is 12.1 Å². The van der Waals surface area contributed by atoms with Gasteiger partial charge in [0, 0.05) is 7.05 Å². The second kappa shape index (κ2) is 3.10. The van der Waals surface area contributed by atoms with Crippen LogP contribution in [0.15, 0.2) is 6.20 Å². The molecule has 13 heavy (non-hydrogen) atoms. The molecule has 1 fully saturated rings. The fourth-order valence-corrected chi connectivity index (χ4v) is 2.23. The molecule has 1 saturated heterocycles. The molecule has 0 radical (unpaired) electrons. The lowest BCUT2D eigenvalue weighted by Crippen LogP contribution is -2.37. The van der Waals surface area contributed by atoms with Gasteiger partial charge < -0.3 is 5.32 Å². The van der Waals surface area contributed by atoms with Crippen LogP contribution < -0.4 is 5.32 Å². The van der Waals surface area contributed by atoms with Gasteiger partial charge in [-0.2, -0.15) is 0 Å². The van der Waals surface area contributed by atoms with Crippen molar-refractivity contribution in [3.63, 3.8) is 0 Å². The highest BCUT2D eigenvalue weighted by Crippen LogP contribution is 2.32. The molecule has 1 aromatic rings. The Morgan fingerprint density at radius 3 is 3.00 bits per heavy atom. The largest absolute Gasteiger partial charge is 0.306 e. The van der Waals surface area contributed by atoms with Crippen LogP contribution in [0.3, 0.4) is 0 Å². The van der Waals surface area contributed by atoms with Gasteiger partial charge >= 0.3 is 0 Å². The van der Waals surface area contributed by atoms with Crippen molar-refractivity contribution in [3.05, 3.63) is 11.9 Å². The Balaban J connectivity index is 2.36. The van der Waals surface area contributed by atoms with Crippen LogP contribution in [0.25, 0.3) is 0 Å². The molecule has 1 atom stereocenters. The first-order chi connectivity index (χ1) is 6.28. The Hall–Kier alpha value is -0.900. The van der Waals surface area contributed by atoms with Crippen LogP contribution in [0.2, 0.25) is 0 Å². The van der Waals surface area contributed by atoms with Gasteiger partial charge in [0.25, 0.3) is 0 Å². The van der Waals surface area contributed by atoms with Crippen molar-refractivity contribution in [2.75, 3.05) is 6.54 Å². The van der Waals surface area contributed by atoms with Crippen molar-refractivity contribution in [2.45, 2.75) is 31.7 Å². The van der Waals surface area contributed by atoms with E-state index in [4.69, 9.17) is 0 Å². The van der Waals surface area contributed by atoms with E-state index in [0.717, 1.165) is 13.0 Å². The van der Waals surface area contributed by atoms with E-state index in [1.54, 1.807) is 0 Å². The molecule has 72 valence electrons. The normalized spacial score (nSPS) is 28.2. The molecule has 0 aromatic carbocycles. The van der Waals surface area contributed by atoms with Gasteiger partial charge in [0.15, 0.2) is 0 Å². The van der Waals surface area contributed by atoms with E-state index in [1.165, 1.54) is 18.5 Å². The van der Waals surface area contributed by atoms with Crippen LogP contribution in [0, 0.1) is 0 Å². The standard InChI is InChI=1S/C9H16N4/c1-3-9(5-4-6-10-9)8-7-11-12-13(8)2/h7,10H,3-6H2,1-2H3. The van der Waals surface area contributed by atoms with Gasteiger partial charge in [-0.3, -0.25) is 4.68 Å². The van der Waals surface area contributed by atoms with Crippen LogP contribution in [0.1, 0.15) is 31.9 Å². The molecule has 0 spiro atoms. The summed E-state index contributed by atoms with van der Waals surface area (Å²) in [6.45, 7) is 3.32. The third-order valence-electron chi connectivity index (χ3n) is 3.05. The minimum Gasteiger partial charge on any atom is -0.306 e. The zero-order valence-corrected chi connectivity index (χ0v) is 8.25. The highest BCUT2D eigenvalue weighted by atomic mass is 15.4. The van der Waals surface area contributed by atoms with Gasteiger partial charge in [-0.05, 0) is 25.8 Å². The summed E-state index contributed by atoms with van der Waals surface area (Å²) in [6.07, 6.45) is 5.43. The Kier molecular flexibility index (Phi) is 2.07. The average Bonchev–Trinajstić information content (AvgIpc) is 2.73. The first-order valence-electron chi connectivity index (χ1n) is 4.89. The number of aryl methyl sites for hydroxylation is 1. The lowest BCUT2D eigenvalue weighted by atomic mass is 9.91. The SMILES string of the molecule is CCC1(c2cnnn2C)CCCN1.